The quantitative estimate of drug-likeness (QED) is 0.563. The average Bonchev–Trinajstić information content (AvgIpc) is 3.08. The Morgan fingerprint density at radius 3 is 2.50 bits per heavy atom. The van der Waals surface area contributed by atoms with Gasteiger partial charge in [0.1, 0.15) is 0 Å². The molecule has 0 spiro atoms. The van der Waals surface area contributed by atoms with Crippen LogP contribution < -0.4 is 4.87 Å². The highest BCUT2D eigenvalue weighted by atomic mass is 32.2. The molecule has 2 heterocycles. The zero-order valence-electron chi connectivity index (χ0n) is 16.5. The molecule has 0 bridgehead atoms. The fourth-order valence-corrected chi connectivity index (χ4v) is 6.27. The van der Waals surface area contributed by atoms with E-state index in [-0.39, 0.29) is 34.7 Å². The third kappa shape index (κ3) is 3.92. The lowest BCUT2D eigenvalue weighted by Crippen LogP contribution is -2.40. The second kappa shape index (κ2) is 8.33. The third-order valence-corrected chi connectivity index (χ3v) is 8.29. The third-order valence-electron chi connectivity index (χ3n) is 5.45. The number of thiazole rings is 1. The second-order valence-corrected chi connectivity index (χ2v) is 10.2. The van der Waals surface area contributed by atoms with Crippen molar-refractivity contribution in [1.29, 1.82) is 0 Å². The Morgan fingerprint density at radius 2 is 1.83 bits per heavy atom. The van der Waals surface area contributed by atoms with Gasteiger partial charge in [0.25, 0.3) is 0 Å². The summed E-state index contributed by atoms with van der Waals surface area (Å²) in [7, 11) is -2.35. The van der Waals surface area contributed by atoms with Gasteiger partial charge in [-0.3, -0.25) is 14.2 Å². The van der Waals surface area contributed by atoms with Crippen molar-refractivity contribution in [1.82, 2.24) is 8.87 Å². The molecule has 0 saturated carbocycles. The molecule has 1 aromatic heterocycles. The standard InChI is InChI=1S/C21H22N2O5S2/c1-28-20(24)16-9-11-22(12-10-16)30(26,27)17-7-8-18-19(13-17)29-21(25)23(18)14-15-5-3-2-4-6-15/h2-8,13,16H,9-12,14H2,1H3. The number of carbonyl (C=O) groups excluding carboxylic acids is 1. The Labute approximate surface area is 178 Å². The lowest BCUT2D eigenvalue weighted by Gasteiger charge is -2.29. The Kier molecular flexibility index (Phi) is 5.77. The van der Waals surface area contributed by atoms with Crippen LogP contribution in [0.4, 0.5) is 0 Å². The largest absolute Gasteiger partial charge is 0.469 e. The number of fused-ring (bicyclic) bond motifs is 1. The highest BCUT2D eigenvalue weighted by molar-refractivity contribution is 7.89. The molecule has 158 valence electrons. The molecule has 0 N–H and O–H groups in total. The number of sulfonamides is 1. The van der Waals surface area contributed by atoms with Crippen LogP contribution in [-0.2, 0) is 26.1 Å². The van der Waals surface area contributed by atoms with Crippen molar-refractivity contribution >= 4 is 37.5 Å². The molecule has 1 aliphatic rings. The Morgan fingerprint density at radius 1 is 1.13 bits per heavy atom. The molecule has 1 fully saturated rings. The molecule has 0 amide bonds. The van der Waals surface area contributed by atoms with Gasteiger partial charge in [0.05, 0.1) is 34.7 Å². The van der Waals surface area contributed by atoms with Crippen molar-refractivity contribution < 1.29 is 17.9 Å². The predicted molar refractivity (Wildman–Crippen MR) is 115 cm³/mol. The number of esters is 1. The Hall–Kier alpha value is -2.49. The number of hydrogen-bond acceptors (Lipinski definition) is 6. The van der Waals surface area contributed by atoms with Gasteiger partial charge in [-0.15, -0.1) is 0 Å². The minimum atomic E-state index is -3.70. The molecular weight excluding hydrogens is 424 g/mol. The van der Waals surface area contributed by atoms with Gasteiger partial charge in [-0.25, -0.2) is 8.42 Å². The van der Waals surface area contributed by atoms with Gasteiger partial charge in [0.2, 0.25) is 10.0 Å². The summed E-state index contributed by atoms with van der Waals surface area (Å²) < 4.78 is 34.6. The molecule has 0 radical (unpaired) electrons. The lowest BCUT2D eigenvalue weighted by atomic mass is 9.99. The number of piperidine rings is 1. The van der Waals surface area contributed by atoms with Gasteiger partial charge in [0, 0.05) is 13.1 Å². The van der Waals surface area contributed by atoms with Gasteiger partial charge in [-0.2, -0.15) is 4.31 Å². The molecule has 1 saturated heterocycles. The number of methoxy groups -OCH3 is 1. The molecule has 4 rings (SSSR count). The fraction of sp³-hybridized carbons (Fsp3) is 0.333. The van der Waals surface area contributed by atoms with Crippen LogP contribution in [0.5, 0.6) is 0 Å². The maximum atomic E-state index is 13.1. The molecule has 0 atom stereocenters. The van der Waals surface area contributed by atoms with Crippen LogP contribution in [0.15, 0.2) is 58.2 Å². The van der Waals surface area contributed by atoms with Crippen LogP contribution >= 0.6 is 11.3 Å². The maximum absolute atomic E-state index is 13.1. The van der Waals surface area contributed by atoms with Crippen LogP contribution in [0.3, 0.4) is 0 Å². The SMILES string of the molecule is COC(=O)C1CCN(S(=O)(=O)c2ccc3c(c2)sc(=O)n3Cc2ccccc2)CC1. The van der Waals surface area contributed by atoms with E-state index in [1.165, 1.54) is 11.4 Å². The normalized spacial score (nSPS) is 16.0. The summed E-state index contributed by atoms with van der Waals surface area (Å²) in [6.45, 7) is 0.976. The van der Waals surface area contributed by atoms with Crippen molar-refractivity contribution in [3.05, 3.63) is 63.8 Å². The molecular formula is C21H22N2O5S2. The molecule has 2 aromatic carbocycles. The van der Waals surface area contributed by atoms with E-state index in [1.54, 1.807) is 22.8 Å². The summed E-state index contributed by atoms with van der Waals surface area (Å²) in [5, 5.41) is 0. The van der Waals surface area contributed by atoms with Crippen molar-refractivity contribution in [3.63, 3.8) is 0 Å². The Balaban J connectivity index is 1.59. The summed E-state index contributed by atoms with van der Waals surface area (Å²) >= 11 is 1.05. The van der Waals surface area contributed by atoms with E-state index in [9.17, 15) is 18.0 Å². The number of nitrogens with zero attached hydrogens (tertiary/aromatic N) is 2. The van der Waals surface area contributed by atoms with Crippen molar-refractivity contribution in [2.75, 3.05) is 20.2 Å². The van der Waals surface area contributed by atoms with Gasteiger partial charge >= 0.3 is 10.8 Å². The van der Waals surface area contributed by atoms with Crippen LogP contribution in [0.1, 0.15) is 18.4 Å². The summed E-state index contributed by atoms with van der Waals surface area (Å²) in [4.78, 5) is 24.2. The van der Waals surface area contributed by atoms with E-state index in [1.807, 2.05) is 30.3 Å². The summed E-state index contributed by atoms with van der Waals surface area (Å²) in [6, 6.07) is 14.5. The number of carbonyl (C=O) groups is 1. The minimum absolute atomic E-state index is 0.123. The topological polar surface area (TPSA) is 85.7 Å². The van der Waals surface area contributed by atoms with E-state index in [0.717, 1.165) is 22.4 Å². The van der Waals surface area contributed by atoms with Gasteiger partial charge in [-0.05, 0) is 36.6 Å². The van der Waals surface area contributed by atoms with Crippen molar-refractivity contribution in [3.8, 4) is 0 Å². The zero-order chi connectivity index (χ0) is 21.3. The van der Waals surface area contributed by atoms with E-state index in [4.69, 9.17) is 4.74 Å². The van der Waals surface area contributed by atoms with Crippen molar-refractivity contribution in [2.45, 2.75) is 24.3 Å². The zero-order valence-corrected chi connectivity index (χ0v) is 18.1. The molecule has 30 heavy (non-hydrogen) atoms. The van der Waals surface area contributed by atoms with E-state index >= 15 is 0 Å². The average molecular weight is 447 g/mol. The van der Waals surface area contributed by atoms with Crippen LogP contribution in [0, 0.1) is 5.92 Å². The first-order valence-electron chi connectivity index (χ1n) is 9.65. The monoisotopic (exact) mass is 446 g/mol. The minimum Gasteiger partial charge on any atom is -0.469 e. The second-order valence-electron chi connectivity index (χ2n) is 7.27. The van der Waals surface area contributed by atoms with Gasteiger partial charge in [-0.1, -0.05) is 41.7 Å². The van der Waals surface area contributed by atoms with E-state index < -0.39 is 10.0 Å². The Bertz CT molecular complexity index is 1220. The van der Waals surface area contributed by atoms with Crippen LogP contribution in [0.2, 0.25) is 0 Å². The molecule has 7 nitrogen and oxygen atoms in total. The first-order valence-corrected chi connectivity index (χ1v) is 11.9. The number of aromatic nitrogens is 1. The molecule has 9 heteroatoms. The van der Waals surface area contributed by atoms with Crippen molar-refractivity contribution in [2.24, 2.45) is 5.92 Å². The number of rotatable bonds is 5. The van der Waals surface area contributed by atoms with E-state index in [2.05, 4.69) is 0 Å². The first kappa shape index (κ1) is 20.8. The number of ether oxygens (including phenoxy) is 1. The summed E-state index contributed by atoms with van der Waals surface area (Å²) in [5.74, 6) is -0.556. The maximum Gasteiger partial charge on any atom is 0.308 e. The molecule has 3 aromatic rings. The number of benzene rings is 2. The highest BCUT2D eigenvalue weighted by Gasteiger charge is 2.32. The fourth-order valence-electron chi connectivity index (χ4n) is 3.77. The summed E-state index contributed by atoms with van der Waals surface area (Å²) in [5.41, 5.74) is 1.72. The highest BCUT2D eigenvalue weighted by Crippen LogP contribution is 2.28. The number of hydrogen-bond donors (Lipinski definition) is 0. The van der Waals surface area contributed by atoms with Crippen LogP contribution in [0.25, 0.3) is 10.2 Å². The van der Waals surface area contributed by atoms with Crippen LogP contribution in [-0.4, -0.2) is 43.5 Å². The summed E-state index contributed by atoms with van der Waals surface area (Å²) in [6.07, 6.45) is 0.879. The predicted octanol–water partition coefficient (Wildman–Crippen LogP) is 2.69. The van der Waals surface area contributed by atoms with Gasteiger partial charge < -0.3 is 4.74 Å². The van der Waals surface area contributed by atoms with Gasteiger partial charge in [0.15, 0.2) is 0 Å². The lowest BCUT2D eigenvalue weighted by molar-refractivity contribution is -0.146. The smallest absolute Gasteiger partial charge is 0.308 e. The molecule has 0 aliphatic carbocycles. The van der Waals surface area contributed by atoms with E-state index in [0.29, 0.717) is 24.1 Å². The molecule has 1 aliphatic heterocycles. The first-order chi connectivity index (χ1) is 14.4. The molecule has 0 unspecified atom stereocenters.